The molecular weight excluding hydrogens is 180 g/mol. The first-order valence-corrected chi connectivity index (χ1v) is 5.42. The molecule has 14 heavy (non-hydrogen) atoms. The van der Waals surface area contributed by atoms with Gasteiger partial charge in [0.2, 0.25) is 0 Å². The number of carbonyl (C=O) groups excluding carboxylic acids is 1. The summed E-state index contributed by atoms with van der Waals surface area (Å²) >= 11 is 0. The minimum atomic E-state index is -0.295. The molecule has 0 N–H and O–H groups in total. The first-order chi connectivity index (χ1) is 6.70. The van der Waals surface area contributed by atoms with Crippen molar-refractivity contribution in [1.82, 2.24) is 0 Å². The predicted octanol–water partition coefficient (Wildman–Crippen LogP) is 1.80. The van der Waals surface area contributed by atoms with Crippen molar-refractivity contribution in [2.24, 2.45) is 5.92 Å². The molecule has 1 heterocycles. The maximum absolute atomic E-state index is 11.6. The lowest BCUT2D eigenvalue weighted by Crippen LogP contribution is -2.35. The smallest absolute Gasteiger partial charge is 0.163 e. The molecule has 0 bridgehead atoms. The maximum Gasteiger partial charge on any atom is 0.163 e. The largest absolute Gasteiger partial charge is 0.376 e. The molecule has 0 amide bonds. The van der Waals surface area contributed by atoms with Crippen LogP contribution in [0.3, 0.4) is 0 Å². The molecule has 0 saturated carbocycles. The van der Waals surface area contributed by atoms with Crippen molar-refractivity contribution >= 4 is 5.78 Å². The highest BCUT2D eigenvalue weighted by Crippen LogP contribution is 2.10. The SMILES string of the molecule is CC(C)CCCC(=O)C1COCCO1. The number of hydrogen-bond donors (Lipinski definition) is 0. The molecule has 1 rings (SSSR count). The van der Waals surface area contributed by atoms with Crippen LogP contribution in [0.5, 0.6) is 0 Å². The Balaban J connectivity index is 2.13. The zero-order valence-corrected chi connectivity index (χ0v) is 9.12. The highest BCUT2D eigenvalue weighted by atomic mass is 16.6. The lowest BCUT2D eigenvalue weighted by molar-refractivity contribution is -0.145. The van der Waals surface area contributed by atoms with E-state index in [1.807, 2.05) is 0 Å². The van der Waals surface area contributed by atoms with Gasteiger partial charge in [-0.2, -0.15) is 0 Å². The summed E-state index contributed by atoms with van der Waals surface area (Å²) in [7, 11) is 0. The molecule has 0 aromatic carbocycles. The monoisotopic (exact) mass is 200 g/mol. The number of carbonyl (C=O) groups is 1. The minimum absolute atomic E-state index is 0.199. The molecule has 0 aromatic heterocycles. The molecule has 0 spiro atoms. The number of Topliss-reactive ketones (excluding diaryl/α,β-unsaturated/α-hetero) is 1. The second-order valence-corrected chi connectivity index (χ2v) is 4.19. The molecule has 3 heteroatoms. The van der Waals surface area contributed by atoms with Crippen molar-refractivity contribution in [3.63, 3.8) is 0 Å². The van der Waals surface area contributed by atoms with Gasteiger partial charge in [0.25, 0.3) is 0 Å². The average Bonchev–Trinajstić information content (AvgIpc) is 2.18. The highest BCUT2D eigenvalue weighted by molar-refractivity contribution is 5.83. The summed E-state index contributed by atoms with van der Waals surface area (Å²) < 4.78 is 10.5. The molecule has 1 aliphatic heterocycles. The van der Waals surface area contributed by atoms with Crippen LogP contribution in [0.2, 0.25) is 0 Å². The lowest BCUT2D eigenvalue weighted by atomic mass is 10.0. The average molecular weight is 200 g/mol. The van der Waals surface area contributed by atoms with E-state index in [1.165, 1.54) is 0 Å². The molecule has 0 aromatic rings. The fourth-order valence-electron chi connectivity index (χ4n) is 1.52. The van der Waals surface area contributed by atoms with Gasteiger partial charge in [-0.1, -0.05) is 20.3 Å². The summed E-state index contributed by atoms with van der Waals surface area (Å²) in [4.78, 5) is 11.6. The topological polar surface area (TPSA) is 35.5 Å². The van der Waals surface area contributed by atoms with Crippen LogP contribution in [0.4, 0.5) is 0 Å². The van der Waals surface area contributed by atoms with Crippen molar-refractivity contribution < 1.29 is 14.3 Å². The van der Waals surface area contributed by atoms with E-state index in [1.54, 1.807) is 0 Å². The third kappa shape index (κ3) is 4.20. The van der Waals surface area contributed by atoms with Crippen LogP contribution < -0.4 is 0 Å². The van der Waals surface area contributed by atoms with Crippen LogP contribution >= 0.6 is 0 Å². The second kappa shape index (κ2) is 6.14. The molecule has 1 saturated heterocycles. The van der Waals surface area contributed by atoms with Crippen LogP contribution in [-0.2, 0) is 14.3 Å². The molecule has 82 valence electrons. The zero-order chi connectivity index (χ0) is 10.4. The Morgan fingerprint density at radius 3 is 2.79 bits per heavy atom. The van der Waals surface area contributed by atoms with Crippen LogP contribution in [0.25, 0.3) is 0 Å². The van der Waals surface area contributed by atoms with E-state index >= 15 is 0 Å². The number of hydrogen-bond acceptors (Lipinski definition) is 3. The van der Waals surface area contributed by atoms with E-state index in [4.69, 9.17) is 9.47 Å². The normalized spacial score (nSPS) is 22.6. The Kier molecular flexibility index (Phi) is 5.12. The number of rotatable bonds is 5. The van der Waals surface area contributed by atoms with Gasteiger partial charge in [0.05, 0.1) is 19.8 Å². The van der Waals surface area contributed by atoms with Crippen LogP contribution in [0.1, 0.15) is 33.1 Å². The number of ether oxygens (including phenoxy) is 2. The quantitative estimate of drug-likeness (QED) is 0.678. The first-order valence-electron chi connectivity index (χ1n) is 5.42. The Labute approximate surface area is 85.8 Å². The van der Waals surface area contributed by atoms with Gasteiger partial charge in [-0.05, 0) is 12.3 Å². The van der Waals surface area contributed by atoms with E-state index in [0.717, 1.165) is 12.8 Å². The fourth-order valence-corrected chi connectivity index (χ4v) is 1.52. The minimum Gasteiger partial charge on any atom is -0.376 e. The standard InChI is InChI=1S/C11H20O3/c1-9(2)4-3-5-10(12)11-8-13-6-7-14-11/h9,11H,3-8H2,1-2H3. The Bertz CT molecular complexity index is 171. The molecule has 1 aliphatic rings. The molecular formula is C11H20O3. The summed E-state index contributed by atoms with van der Waals surface area (Å²) in [6.45, 7) is 5.96. The van der Waals surface area contributed by atoms with Crippen molar-refractivity contribution in [3.05, 3.63) is 0 Å². The zero-order valence-electron chi connectivity index (χ0n) is 9.12. The predicted molar refractivity (Wildman–Crippen MR) is 54.3 cm³/mol. The van der Waals surface area contributed by atoms with E-state index in [9.17, 15) is 4.79 Å². The van der Waals surface area contributed by atoms with Gasteiger partial charge in [-0.15, -0.1) is 0 Å². The van der Waals surface area contributed by atoms with Gasteiger partial charge in [0.15, 0.2) is 5.78 Å². The molecule has 1 atom stereocenters. The Hall–Kier alpha value is -0.410. The van der Waals surface area contributed by atoms with Crippen molar-refractivity contribution in [2.45, 2.75) is 39.2 Å². The van der Waals surface area contributed by atoms with Crippen molar-refractivity contribution in [1.29, 1.82) is 0 Å². The molecule has 0 aliphatic carbocycles. The van der Waals surface area contributed by atoms with Crippen LogP contribution in [-0.4, -0.2) is 31.7 Å². The summed E-state index contributed by atoms with van der Waals surface area (Å²) in [5.41, 5.74) is 0. The third-order valence-electron chi connectivity index (χ3n) is 2.38. The van der Waals surface area contributed by atoms with Gasteiger partial charge in [0.1, 0.15) is 6.10 Å². The van der Waals surface area contributed by atoms with E-state index < -0.39 is 0 Å². The molecule has 1 fully saturated rings. The second-order valence-electron chi connectivity index (χ2n) is 4.19. The fraction of sp³-hybridized carbons (Fsp3) is 0.909. The van der Waals surface area contributed by atoms with Crippen LogP contribution in [0.15, 0.2) is 0 Å². The van der Waals surface area contributed by atoms with Gasteiger partial charge >= 0.3 is 0 Å². The lowest BCUT2D eigenvalue weighted by Gasteiger charge is -2.21. The third-order valence-corrected chi connectivity index (χ3v) is 2.38. The van der Waals surface area contributed by atoms with Gasteiger partial charge in [-0.3, -0.25) is 4.79 Å². The van der Waals surface area contributed by atoms with Gasteiger partial charge in [-0.25, -0.2) is 0 Å². The summed E-state index contributed by atoms with van der Waals surface area (Å²) in [6.07, 6.45) is 2.41. The number of ketones is 1. The first kappa shape index (κ1) is 11.7. The van der Waals surface area contributed by atoms with E-state index in [2.05, 4.69) is 13.8 Å². The van der Waals surface area contributed by atoms with Gasteiger partial charge < -0.3 is 9.47 Å². The molecule has 0 radical (unpaired) electrons. The van der Waals surface area contributed by atoms with Crippen molar-refractivity contribution in [3.8, 4) is 0 Å². The Morgan fingerprint density at radius 2 is 2.21 bits per heavy atom. The summed E-state index contributed by atoms with van der Waals surface area (Å²) in [5, 5.41) is 0. The van der Waals surface area contributed by atoms with E-state index in [0.29, 0.717) is 32.2 Å². The van der Waals surface area contributed by atoms with Crippen molar-refractivity contribution in [2.75, 3.05) is 19.8 Å². The summed E-state index contributed by atoms with van der Waals surface area (Å²) in [6, 6.07) is 0. The van der Waals surface area contributed by atoms with Gasteiger partial charge in [0, 0.05) is 6.42 Å². The maximum atomic E-state index is 11.6. The Morgan fingerprint density at radius 1 is 1.43 bits per heavy atom. The highest BCUT2D eigenvalue weighted by Gasteiger charge is 2.21. The van der Waals surface area contributed by atoms with Crippen LogP contribution in [0, 0.1) is 5.92 Å². The molecule has 1 unspecified atom stereocenters. The summed E-state index contributed by atoms with van der Waals surface area (Å²) in [5.74, 6) is 0.872. The van der Waals surface area contributed by atoms with E-state index in [-0.39, 0.29) is 11.9 Å². The molecule has 3 nitrogen and oxygen atoms in total.